The molecule has 3 aromatic heterocycles. The number of anilines is 2. The molecule has 3 heterocycles. The second-order valence-corrected chi connectivity index (χ2v) is 6.14. The topological polar surface area (TPSA) is 109 Å². The third kappa shape index (κ3) is 3.37. The first kappa shape index (κ1) is 16.8. The molecule has 0 unspecified atom stereocenters. The van der Waals surface area contributed by atoms with E-state index in [1.807, 2.05) is 23.1 Å². The highest BCUT2D eigenvalue weighted by molar-refractivity contribution is 5.91. The number of hydrogen-bond acceptors (Lipinski definition) is 5. The van der Waals surface area contributed by atoms with Gasteiger partial charge < -0.3 is 15.4 Å². The van der Waals surface area contributed by atoms with E-state index in [1.54, 1.807) is 18.3 Å². The Morgan fingerprint density at radius 3 is 2.78 bits per heavy atom. The first-order valence-corrected chi connectivity index (χ1v) is 8.62. The number of rotatable bonds is 6. The number of fused-ring (bicyclic) bond motifs is 1. The van der Waals surface area contributed by atoms with Crippen molar-refractivity contribution in [2.24, 2.45) is 0 Å². The van der Waals surface area contributed by atoms with Crippen LogP contribution in [0.25, 0.3) is 22.3 Å². The van der Waals surface area contributed by atoms with E-state index in [1.165, 1.54) is 12.1 Å². The van der Waals surface area contributed by atoms with Crippen LogP contribution >= 0.6 is 0 Å². The maximum Gasteiger partial charge on any atom is 0.335 e. The summed E-state index contributed by atoms with van der Waals surface area (Å²) in [4.78, 5) is 23.2. The van der Waals surface area contributed by atoms with E-state index >= 15 is 0 Å². The Bertz CT molecular complexity index is 1100. The molecule has 0 aliphatic carbocycles. The molecule has 0 amide bonds. The zero-order chi connectivity index (χ0) is 18.8. The van der Waals surface area contributed by atoms with Crippen molar-refractivity contribution in [3.8, 4) is 11.3 Å². The first-order valence-electron chi connectivity index (χ1n) is 8.62. The van der Waals surface area contributed by atoms with Gasteiger partial charge in [-0.25, -0.2) is 9.78 Å². The van der Waals surface area contributed by atoms with E-state index in [2.05, 4.69) is 32.3 Å². The van der Waals surface area contributed by atoms with Crippen LogP contribution in [0.5, 0.6) is 0 Å². The van der Waals surface area contributed by atoms with Crippen molar-refractivity contribution in [3.63, 3.8) is 0 Å². The van der Waals surface area contributed by atoms with Crippen molar-refractivity contribution in [1.29, 1.82) is 0 Å². The molecule has 3 N–H and O–H groups in total. The Kier molecular flexibility index (Phi) is 4.29. The molecule has 0 radical (unpaired) electrons. The minimum absolute atomic E-state index is 0.227. The van der Waals surface area contributed by atoms with Crippen LogP contribution in [0.15, 0.2) is 48.9 Å². The van der Waals surface area contributed by atoms with Gasteiger partial charge in [-0.05, 0) is 36.8 Å². The lowest BCUT2D eigenvalue weighted by atomic mass is 10.2. The summed E-state index contributed by atoms with van der Waals surface area (Å²) in [5, 5.41) is 17.4. The molecule has 0 fully saturated rings. The van der Waals surface area contributed by atoms with Gasteiger partial charge in [0.1, 0.15) is 5.65 Å². The van der Waals surface area contributed by atoms with Crippen molar-refractivity contribution in [2.45, 2.75) is 19.9 Å². The quantitative estimate of drug-likeness (QED) is 0.483. The zero-order valence-electron chi connectivity index (χ0n) is 14.7. The highest BCUT2D eigenvalue weighted by Crippen LogP contribution is 2.27. The molecule has 0 spiro atoms. The fourth-order valence-electron chi connectivity index (χ4n) is 2.88. The first-order chi connectivity index (χ1) is 13.1. The minimum atomic E-state index is -0.961. The standard InChI is InChI=1S/C19H18N6O2/c1-2-9-25-11-13(10-21-25)16-15-7-8-20-17(15)24-19(23-16)22-14-5-3-12(4-6-14)18(26)27/h3-8,10-11H,2,9H2,1H3,(H,26,27)(H2,20,22,23,24). The number of nitrogens with one attached hydrogen (secondary N) is 2. The highest BCUT2D eigenvalue weighted by atomic mass is 16.4. The maximum absolute atomic E-state index is 11.0. The fourth-order valence-corrected chi connectivity index (χ4v) is 2.88. The molecule has 0 saturated heterocycles. The summed E-state index contributed by atoms with van der Waals surface area (Å²) in [6.45, 7) is 2.95. The van der Waals surface area contributed by atoms with Crippen LogP contribution in [0, 0.1) is 0 Å². The van der Waals surface area contributed by atoms with Crippen molar-refractivity contribution < 1.29 is 9.90 Å². The van der Waals surface area contributed by atoms with Crippen LogP contribution < -0.4 is 5.32 Å². The molecule has 0 bridgehead atoms. The lowest BCUT2D eigenvalue weighted by molar-refractivity contribution is 0.0697. The molecule has 1 aromatic carbocycles. The lowest BCUT2D eigenvalue weighted by Crippen LogP contribution is -2.00. The summed E-state index contributed by atoms with van der Waals surface area (Å²) in [6, 6.07) is 8.38. The molecule has 8 heteroatoms. The minimum Gasteiger partial charge on any atom is -0.478 e. The SMILES string of the molecule is CCCn1cc(-c2nc(Nc3ccc(C(=O)O)cc3)nc3[nH]ccc23)cn1. The van der Waals surface area contributed by atoms with Gasteiger partial charge in [-0.15, -0.1) is 0 Å². The van der Waals surface area contributed by atoms with Crippen LogP contribution in [0.2, 0.25) is 0 Å². The van der Waals surface area contributed by atoms with Gasteiger partial charge in [0.05, 0.1) is 17.5 Å². The van der Waals surface area contributed by atoms with E-state index in [0.29, 0.717) is 17.3 Å². The lowest BCUT2D eigenvalue weighted by Gasteiger charge is -2.08. The zero-order valence-corrected chi connectivity index (χ0v) is 14.7. The number of carboxylic acids is 1. The van der Waals surface area contributed by atoms with Gasteiger partial charge in [-0.2, -0.15) is 10.1 Å². The second kappa shape index (κ2) is 6.91. The summed E-state index contributed by atoms with van der Waals surface area (Å²) in [7, 11) is 0. The maximum atomic E-state index is 11.0. The summed E-state index contributed by atoms with van der Waals surface area (Å²) >= 11 is 0. The number of hydrogen-bond donors (Lipinski definition) is 3. The smallest absolute Gasteiger partial charge is 0.335 e. The van der Waals surface area contributed by atoms with Gasteiger partial charge in [-0.3, -0.25) is 4.68 Å². The van der Waals surface area contributed by atoms with Crippen molar-refractivity contribution in [3.05, 3.63) is 54.5 Å². The fraction of sp³-hybridized carbons (Fsp3) is 0.158. The molecule has 0 aliphatic heterocycles. The number of carboxylic acid groups (broad SMARTS) is 1. The molecule has 0 saturated carbocycles. The molecular weight excluding hydrogens is 344 g/mol. The molecule has 0 aliphatic rings. The summed E-state index contributed by atoms with van der Waals surface area (Å²) in [6.07, 6.45) is 6.61. The predicted octanol–water partition coefficient (Wildman–Crippen LogP) is 3.67. The Morgan fingerprint density at radius 1 is 1.22 bits per heavy atom. The number of nitrogens with zero attached hydrogens (tertiary/aromatic N) is 4. The van der Waals surface area contributed by atoms with Gasteiger partial charge in [-0.1, -0.05) is 6.92 Å². The van der Waals surface area contributed by atoms with Crippen LogP contribution in [-0.2, 0) is 6.54 Å². The predicted molar refractivity (Wildman–Crippen MR) is 102 cm³/mol. The van der Waals surface area contributed by atoms with Crippen LogP contribution in [-0.4, -0.2) is 35.8 Å². The highest BCUT2D eigenvalue weighted by Gasteiger charge is 2.13. The molecule has 8 nitrogen and oxygen atoms in total. The third-order valence-electron chi connectivity index (χ3n) is 4.16. The molecular formula is C19H18N6O2. The van der Waals surface area contributed by atoms with E-state index in [0.717, 1.165) is 29.6 Å². The van der Waals surface area contributed by atoms with Gasteiger partial charge in [0.2, 0.25) is 5.95 Å². The number of H-pyrrole nitrogens is 1. The second-order valence-electron chi connectivity index (χ2n) is 6.14. The number of aryl methyl sites for hydroxylation is 1. The Hall–Kier alpha value is -3.68. The molecule has 27 heavy (non-hydrogen) atoms. The largest absolute Gasteiger partial charge is 0.478 e. The van der Waals surface area contributed by atoms with Crippen LogP contribution in [0.1, 0.15) is 23.7 Å². The average Bonchev–Trinajstić information content (AvgIpc) is 3.31. The number of aromatic nitrogens is 5. The number of benzene rings is 1. The summed E-state index contributed by atoms with van der Waals surface area (Å²) < 4.78 is 1.90. The van der Waals surface area contributed by atoms with Crippen molar-refractivity contribution >= 4 is 28.6 Å². The van der Waals surface area contributed by atoms with Gasteiger partial charge >= 0.3 is 5.97 Å². The molecule has 4 rings (SSSR count). The number of aromatic amines is 1. The van der Waals surface area contributed by atoms with E-state index in [9.17, 15) is 4.79 Å². The van der Waals surface area contributed by atoms with Crippen LogP contribution in [0.3, 0.4) is 0 Å². The Labute approximate surface area is 154 Å². The van der Waals surface area contributed by atoms with Gasteiger partial charge in [0, 0.05) is 35.6 Å². The Morgan fingerprint density at radius 2 is 2.04 bits per heavy atom. The van der Waals surface area contributed by atoms with E-state index in [4.69, 9.17) is 5.11 Å². The van der Waals surface area contributed by atoms with E-state index in [-0.39, 0.29) is 5.56 Å². The van der Waals surface area contributed by atoms with Crippen molar-refractivity contribution in [2.75, 3.05) is 5.32 Å². The third-order valence-corrected chi connectivity index (χ3v) is 4.16. The van der Waals surface area contributed by atoms with Gasteiger partial charge in [0.25, 0.3) is 0 Å². The molecule has 136 valence electrons. The number of aromatic carboxylic acids is 1. The van der Waals surface area contributed by atoms with Crippen molar-refractivity contribution in [1.82, 2.24) is 24.7 Å². The summed E-state index contributed by atoms with van der Waals surface area (Å²) in [5.74, 6) is -0.539. The monoisotopic (exact) mass is 362 g/mol. The normalized spacial score (nSPS) is 11.0. The molecule has 4 aromatic rings. The van der Waals surface area contributed by atoms with Crippen LogP contribution in [0.4, 0.5) is 11.6 Å². The summed E-state index contributed by atoms with van der Waals surface area (Å²) in [5.41, 5.74) is 3.35. The average molecular weight is 362 g/mol. The number of carbonyl (C=O) groups is 1. The molecule has 0 atom stereocenters. The van der Waals surface area contributed by atoms with Gasteiger partial charge in [0.15, 0.2) is 0 Å². The Balaban J connectivity index is 1.70. The van der Waals surface area contributed by atoms with E-state index < -0.39 is 5.97 Å².